The van der Waals surface area contributed by atoms with Crippen LogP contribution in [0, 0.1) is 6.92 Å². The number of aliphatic imine (C=N–C) groups is 1. The molecule has 1 aliphatic rings. The minimum Gasteiger partial charge on any atom is -0.260 e. The minimum atomic E-state index is 0.125. The first-order valence-electron chi connectivity index (χ1n) is 9.61. The van der Waals surface area contributed by atoms with Crippen LogP contribution in [0.3, 0.4) is 0 Å². The van der Waals surface area contributed by atoms with E-state index in [2.05, 4.69) is 87.7 Å². The second-order valence-electron chi connectivity index (χ2n) is 8.25. The molecule has 1 N–H and O–H groups in total. The second-order valence-corrected chi connectivity index (χ2v) is 8.25. The van der Waals surface area contributed by atoms with Crippen molar-refractivity contribution in [2.24, 2.45) is 10.1 Å². The molecule has 3 heteroatoms. The van der Waals surface area contributed by atoms with Crippen molar-refractivity contribution in [2.45, 2.75) is 33.1 Å². The molecule has 0 bridgehead atoms. The van der Waals surface area contributed by atoms with Crippen molar-refractivity contribution < 1.29 is 0 Å². The van der Waals surface area contributed by atoms with Gasteiger partial charge in [0.15, 0.2) is 5.84 Å². The SMILES string of the molecule is Cc1ccc2c(c1)C(c1ccccc1)=NNC(c1ccc(C(C)(C)C)cc1)=N2. The van der Waals surface area contributed by atoms with Crippen LogP contribution in [-0.2, 0) is 5.41 Å². The number of benzene rings is 3. The number of aryl methyl sites for hydroxylation is 1. The van der Waals surface area contributed by atoms with E-state index < -0.39 is 0 Å². The normalized spacial score (nSPS) is 13.7. The quantitative estimate of drug-likeness (QED) is 0.617. The predicted octanol–water partition coefficient (Wildman–Crippen LogP) is 5.73. The Morgan fingerprint density at radius 3 is 2.18 bits per heavy atom. The fourth-order valence-corrected chi connectivity index (χ4v) is 3.32. The molecule has 0 unspecified atom stereocenters. The average Bonchev–Trinajstić information content (AvgIpc) is 2.87. The van der Waals surface area contributed by atoms with Crippen LogP contribution in [0.2, 0.25) is 0 Å². The van der Waals surface area contributed by atoms with Gasteiger partial charge in [-0.05, 0) is 30.0 Å². The molecule has 0 fully saturated rings. The van der Waals surface area contributed by atoms with E-state index in [-0.39, 0.29) is 5.41 Å². The van der Waals surface area contributed by atoms with Crippen LogP contribution in [0.5, 0.6) is 0 Å². The van der Waals surface area contributed by atoms with Crippen LogP contribution in [0.1, 0.15) is 48.6 Å². The average molecular weight is 367 g/mol. The summed E-state index contributed by atoms with van der Waals surface area (Å²) in [5, 5.41) is 4.74. The number of fused-ring (bicyclic) bond motifs is 1. The lowest BCUT2D eigenvalue weighted by Crippen LogP contribution is -2.20. The van der Waals surface area contributed by atoms with Crippen LogP contribution >= 0.6 is 0 Å². The zero-order valence-corrected chi connectivity index (χ0v) is 16.8. The molecule has 0 amide bonds. The summed E-state index contributed by atoms with van der Waals surface area (Å²) in [5.74, 6) is 0.761. The highest BCUT2D eigenvalue weighted by Gasteiger charge is 2.18. The third kappa shape index (κ3) is 3.61. The van der Waals surface area contributed by atoms with Gasteiger partial charge in [0.25, 0.3) is 0 Å². The number of hydrogen-bond acceptors (Lipinski definition) is 3. The van der Waals surface area contributed by atoms with Crippen LogP contribution in [-0.4, -0.2) is 11.5 Å². The van der Waals surface area contributed by atoms with Crippen molar-refractivity contribution in [3.05, 3.63) is 101 Å². The molecule has 0 saturated heterocycles. The number of amidine groups is 1. The van der Waals surface area contributed by atoms with Gasteiger partial charge in [-0.25, -0.2) is 4.99 Å². The van der Waals surface area contributed by atoms with Gasteiger partial charge in [-0.15, -0.1) is 0 Å². The zero-order chi connectivity index (χ0) is 19.7. The molecule has 0 atom stereocenters. The maximum atomic E-state index is 4.91. The van der Waals surface area contributed by atoms with Crippen molar-refractivity contribution in [1.29, 1.82) is 0 Å². The van der Waals surface area contributed by atoms with Gasteiger partial charge >= 0.3 is 0 Å². The van der Waals surface area contributed by atoms with E-state index in [1.165, 1.54) is 11.1 Å². The van der Waals surface area contributed by atoms with Crippen molar-refractivity contribution in [3.8, 4) is 0 Å². The Morgan fingerprint density at radius 2 is 1.50 bits per heavy atom. The molecule has 3 aromatic carbocycles. The first-order chi connectivity index (χ1) is 13.4. The van der Waals surface area contributed by atoms with E-state index in [4.69, 9.17) is 10.1 Å². The van der Waals surface area contributed by atoms with Gasteiger partial charge in [0.1, 0.15) is 0 Å². The molecule has 28 heavy (non-hydrogen) atoms. The van der Waals surface area contributed by atoms with E-state index in [9.17, 15) is 0 Å². The van der Waals surface area contributed by atoms with E-state index in [1.807, 2.05) is 18.2 Å². The van der Waals surface area contributed by atoms with Gasteiger partial charge in [-0.1, -0.05) is 87.0 Å². The molecule has 3 aromatic rings. The van der Waals surface area contributed by atoms with Crippen molar-refractivity contribution >= 4 is 17.2 Å². The standard InChI is InChI=1S/C25H25N3/c1-17-10-15-22-21(16-17)23(18-8-6-5-7-9-18)27-28-24(26-22)19-11-13-20(14-12-19)25(2,3)4/h5-16H,1-4H3,(H,26,28). The molecule has 3 nitrogen and oxygen atoms in total. The molecule has 0 aliphatic carbocycles. The second kappa shape index (κ2) is 7.08. The molecular formula is C25H25N3. The maximum Gasteiger partial charge on any atom is 0.154 e. The molecule has 4 rings (SSSR count). The lowest BCUT2D eigenvalue weighted by Gasteiger charge is -2.19. The van der Waals surface area contributed by atoms with Gasteiger partial charge in [0, 0.05) is 16.7 Å². The summed E-state index contributed by atoms with van der Waals surface area (Å²) < 4.78 is 0. The molecule has 0 spiro atoms. The summed E-state index contributed by atoms with van der Waals surface area (Å²) in [7, 11) is 0. The number of nitrogens with one attached hydrogen (secondary N) is 1. The third-order valence-corrected chi connectivity index (χ3v) is 4.98. The molecule has 0 radical (unpaired) electrons. The maximum absolute atomic E-state index is 4.91. The highest BCUT2D eigenvalue weighted by atomic mass is 15.3. The summed E-state index contributed by atoms with van der Waals surface area (Å²) in [6.07, 6.45) is 0. The monoisotopic (exact) mass is 367 g/mol. The summed E-state index contributed by atoms with van der Waals surface area (Å²) in [5.41, 5.74) is 10.8. The Bertz CT molecular complexity index is 1050. The van der Waals surface area contributed by atoms with Crippen molar-refractivity contribution in [2.75, 3.05) is 0 Å². The zero-order valence-electron chi connectivity index (χ0n) is 16.8. The Hall–Kier alpha value is -3.20. The Kier molecular flexibility index (Phi) is 4.60. The van der Waals surface area contributed by atoms with Gasteiger partial charge in [-0.3, -0.25) is 5.43 Å². The van der Waals surface area contributed by atoms with Gasteiger partial charge in [0.2, 0.25) is 0 Å². The lowest BCUT2D eigenvalue weighted by atomic mass is 9.86. The molecule has 1 heterocycles. The first-order valence-corrected chi connectivity index (χ1v) is 9.61. The van der Waals surface area contributed by atoms with E-state index in [1.54, 1.807) is 0 Å². The van der Waals surface area contributed by atoms with Gasteiger partial charge in [-0.2, -0.15) is 5.10 Å². The van der Waals surface area contributed by atoms with E-state index in [0.717, 1.165) is 33.9 Å². The first kappa shape index (κ1) is 18.2. The largest absolute Gasteiger partial charge is 0.260 e. The van der Waals surface area contributed by atoms with Gasteiger partial charge < -0.3 is 0 Å². The highest BCUT2D eigenvalue weighted by Crippen LogP contribution is 2.27. The molecular weight excluding hydrogens is 342 g/mol. The minimum absolute atomic E-state index is 0.125. The van der Waals surface area contributed by atoms with Crippen molar-refractivity contribution in [3.63, 3.8) is 0 Å². The summed E-state index contributed by atoms with van der Waals surface area (Å²) in [4.78, 5) is 4.91. The molecule has 0 saturated carbocycles. The van der Waals surface area contributed by atoms with Gasteiger partial charge in [0.05, 0.1) is 11.4 Å². The van der Waals surface area contributed by atoms with Crippen molar-refractivity contribution in [1.82, 2.24) is 5.43 Å². The summed E-state index contributed by atoms with van der Waals surface area (Å²) in [6, 6.07) is 25.1. The Labute approximate surface area is 166 Å². The van der Waals surface area contributed by atoms with Crippen LogP contribution < -0.4 is 5.43 Å². The molecule has 1 aliphatic heterocycles. The number of hydrogen-bond donors (Lipinski definition) is 1. The predicted molar refractivity (Wildman–Crippen MR) is 118 cm³/mol. The van der Waals surface area contributed by atoms with Crippen LogP contribution in [0.4, 0.5) is 5.69 Å². The van der Waals surface area contributed by atoms with Crippen LogP contribution in [0.25, 0.3) is 0 Å². The smallest absolute Gasteiger partial charge is 0.154 e. The topological polar surface area (TPSA) is 36.8 Å². The Morgan fingerprint density at radius 1 is 0.786 bits per heavy atom. The fourth-order valence-electron chi connectivity index (χ4n) is 3.32. The lowest BCUT2D eigenvalue weighted by molar-refractivity contribution is 0.590. The number of hydrazone groups is 1. The van der Waals surface area contributed by atoms with Crippen LogP contribution in [0.15, 0.2) is 82.9 Å². The third-order valence-electron chi connectivity index (χ3n) is 4.98. The Balaban J connectivity index is 1.80. The summed E-state index contributed by atoms with van der Waals surface area (Å²) in [6.45, 7) is 8.76. The number of nitrogens with zero attached hydrogens (tertiary/aromatic N) is 2. The fraction of sp³-hybridized carbons (Fsp3) is 0.200. The highest BCUT2D eigenvalue weighted by molar-refractivity contribution is 6.18. The van der Waals surface area contributed by atoms with E-state index in [0.29, 0.717) is 0 Å². The summed E-state index contributed by atoms with van der Waals surface area (Å²) >= 11 is 0. The number of rotatable bonds is 2. The molecule has 140 valence electrons. The molecule has 0 aromatic heterocycles. The van der Waals surface area contributed by atoms with E-state index >= 15 is 0 Å².